The van der Waals surface area contributed by atoms with Gasteiger partial charge in [0.25, 0.3) is 18.0 Å². The number of carbonyl (C=O) groups is 1. The molecule has 0 atom stereocenters. The minimum atomic E-state index is -2.68. The number of nitrogens with zero attached hydrogens (tertiary/aromatic N) is 2. The number of carbonyl (C=O) groups excluding carboxylic acids is 1. The van der Waals surface area contributed by atoms with Crippen molar-refractivity contribution in [3.05, 3.63) is 47.4 Å². The molecule has 0 aliphatic rings. The van der Waals surface area contributed by atoms with Crippen molar-refractivity contribution in [1.82, 2.24) is 15.5 Å². The topological polar surface area (TPSA) is 68.0 Å². The number of rotatable bonds is 4. The summed E-state index contributed by atoms with van der Waals surface area (Å²) >= 11 is 0. The van der Waals surface area contributed by atoms with Gasteiger partial charge in [-0.3, -0.25) is 4.79 Å². The van der Waals surface area contributed by atoms with Crippen molar-refractivity contribution in [3.8, 4) is 11.3 Å². The van der Waals surface area contributed by atoms with E-state index in [2.05, 4.69) is 15.5 Å². The highest BCUT2D eigenvalue weighted by Gasteiger charge is 2.22. The Bertz CT molecular complexity index is 909. The van der Waals surface area contributed by atoms with Crippen LogP contribution in [0.1, 0.15) is 16.1 Å². The third-order valence-electron chi connectivity index (χ3n) is 3.37. The summed E-state index contributed by atoms with van der Waals surface area (Å²) in [6.45, 7) is 0.830. The zero-order valence-corrected chi connectivity index (χ0v) is 12.5. The van der Waals surface area contributed by atoms with Gasteiger partial charge >= 0.3 is 0 Å². The Morgan fingerprint density at radius 2 is 2.08 bits per heavy atom. The van der Waals surface area contributed by atoms with Crippen LogP contribution in [0.5, 0.6) is 0 Å². The second kappa shape index (κ2) is 6.31. The number of alkyl halides is 2. The first kappa shape index (κ1) is 16.0. The van der Waals surface area contributed by atoms with Crippen molar-refractivity contribution < 1.29 is 22.5 Å². The molecule has 0 saturated carbocycles. The molecular formula is C16H12F3N3O2. The van der Waals surface area contributed by atoms with Crippen LogP contribution in [0.25, 0.3) is 22.4 Å². The maximum Gasteiger partial charge on any atom is 0.259 e. The van der Waals surface area contributed by atoms with Crippen LogP contribution in [0.4, 0.5) is 13.2 Å². The number of fused-ring (bicyclic) bond motifs is 1. The molecule has 2 aromatic heterocycles. The smallest absolute Gasteiger partial charge is 0.259 e. The first-order chi connectivity index (χ1) is 11.5. The highest BCUT2D eigenvalue weighted by Crippen LogP contribution is 2.31. The highest BCUT2D eigenvalue weighted by atomic mass is 19.3. The van der Waals surface area contributed by atoms with Gasteiger partial charge in [0, 0.05) is 11.3 Å². The SMILES string of the molecule is Cc1cc(C(=O)NCC(F)F)c2c(-c3ccccc3F)noc2n1. The molecule has 124 valence electrons. The summed E-state index contributed by atoms with van der Waals surface area (Å²) in [5, 5.41) is 6.10. The van der Waals surface area contributed by atoms with Crippen LogP contribution in [0.15, 0.2) is 34.9 Å². The molecule has 0 spiro atoms. The molecule has 0 fully saturated rings. The quantitative estimate of drug-likeness (QED) is 0.794. The summed E-state index contributed by atoms with van der Waals surface area (Å²) in [7, 11) is 0. The lowest BCUT2D eigenvalue weighted by atomic mass is 10.0. The van der Waals surface area contributed by atoms with Crippen LogP contribution < -0.4 is 5.32 Å². The summed E-state index contributed by atoms with van der Waals surface area (Å²) in [4.78, 5) is 16.4. The third-order valence-corrected chi connectivity index (χ3v) is 3.37. The van der Waals surface area contributed by atoms with Crippen LogP contribution in [0.2, 0.25) is 0 Å². The lowest BCUT2D eigenvalue weighted by molar-refractivity contribution is 0.0893. The van der Waals surface area contributed by atoms with Gasteiger partial charge in [0.15, 0.2) is 0 Å². The Kier molecular flexibility index (Phi) is 4.20. The predicted octanol–water partition coefficient (Wildman–Crippen LogP) is 3.33. The average Bonchev–Trinajstić information content (AvgIpc) is 2.95. The highest BCUT2D eigenvalue weighted by molar-refractivity contribution is 6.09. The Morgan fingerprint density at radius 1 is 1.33 bits per heavy atom. The molecule has 3 rings (SSSR count). The number of aromatic nitrogens is 2. The largest absolute Gasteiger partial charge is 0.346 e. The number of hydrogen-bond donors (Lipinski definition) is 1. The Labute approximate surface area is 134 Å². The number of pyridine rings is 1. The molecule has 1 aromatic carbocycles. The van der Waals surface area contributed by atoms with Gasteiger partial charge in [0.2, 0.25) is 0 Å². The fraction of sp³-hybridized carbons (Fsp3) is 0.188. The molecular weight excluding hydrogens is 323 g/mol. The molecule has 0 unspecified atom stereocenters. The summed E-state index contributed by atoms with van der Waals surface area (Å²) in [5.41, 5.74) is 0.761. The van der Waals surface area contributed by atoms with E-state index in [-0.39, 0.29) is 27.9 Å². The number of hydrogen-bond acceptors (Lipinski definition) is 4. The number of amides is 1. The molecule has 0 aliphatic carbocycles. The van der Waals surface area contributed by atoms with Crippen LogP contribution in [0, 0.1) is 12.7 Å². The van der Waals surface area contributed by atoms with Gasteiger partial charge in [0.1, 0.15) is 11.5 Å². The zero-order chi connectivity index (χ0) is 17.3. The zero-order valence-electron chi connectivity index (χ0n) is 12.5. The number of halogens is 3. The van der Waals surface area contributed by atoms with E-state index in [1.54, 1.807) is 13.0 Å². The van der Waals surface area contributed by atoms with E-state index in [4.69, 9.17) is 4.52 Å². The molecule has 0 radical (unpaired) electrons. The Hall–Kier alpha value is -2.90. The minimum Gasteiger partial charge on any atom is -0.346 e. The molecule has 3 aromatic rings. The number of benzene rings is 1. The van der Waals surface area contributed by atoms with E-state index in [0.717, 1.165) is 0 Å². The molecule has 8 heteroatoms. The van der Waals surface area contributed by atoms with Crippen molar-refractivity contribution in [1.29, 1.82) is 0 Å². The summed E-state index contributed by atoms with van der Waals surface area (Å²) in [5.74, 6) is -1.28. The molecule has 2 heterocycles. The van der Waals surface area contributed by atoms with Gasteiger partial charge in [-0.25, -0.2) is 18.2 Å². The molecule has 0 bridgehead atoms. The maximum absolute atomic E-state index is 14.0. The van der Waals surface area contributed by atoms with Crippen LogP contribution in [-0.2, 0) is 0 Å². The molecule has 0 saturated heterocycles. The molecule has 1 amide bonds. The first-order valence-corrected chi connectivity index (χ1v) is 7.05. The van der Waals surface area contributed by atoms with E-state index in [9.17, 15) is 18.0 Å². The summed E-state index contributed by atoms with van der Waals surface area (Å²) < 4.78 is 43.8. The lowest BCUT2D eigenvalue weighted by Gasteiger charge is -2.07. The van der Waals surface area contributed by atoms with E-state index in [1.165, 1.54) is 24.3 Å². The van der Waals surface area contributed by atoms with Gasteiger partial charge in [0.05, 0.1) is 17.5 Å². The molecule has 0 aliphatic heterocycles. The third kappa shape index (κ3) is 2.94. The van der Waals surface area contributed by atoms with Crippen molar-refractivity contribution in [2.24, 2.45) is 0 Å². The second-order valence-corrected chi connectivity index (χ2v) is 5.10. The van der Waals surface area contributed by atoms with Gasteiger partial charge < -0.3 is 9.84 Å². The molecule has 1 N–H and O–H groups in total. The monoisotopic (exact) mass is 335 g/mol. The van der Waals surface area contributed by atoms with Crippen LogP contribution in [-0.4, -0.2) is 29.0 Å². The number of aryl methyl sites for hydroxylation is 1. The Balaban J connectivity index is 2.17. The van der Waals surface area contributed by atoms with Gasteiger partial charge in [-0.15, -0.1) is 0 Å². The van der Waals surface area contributed by atoms with E-state index < -0.39 is 24.7 Å². The van der Waals surface area contributed by atoms with Crippen molar-refractivity contribution in [2.75, 3.05) is 6.54 Å². The normalized spacial score (nSPS) is 11.2. The van der Waals surface area contributed by atoms with E-state index in [0.29, 0.717) is 5.69 Å². The first-order valence-electron chi connectivity index (χ1n) is 7.05. The van der Waals surface area contributed by atoms with E-state index in [1.807, 2.05) is 0 Å². The van der Waals surface area contributed by atoms with Crippen molar-refractivity contribution in [2.45, 2.75) is 13.3 Å². The fourth-order valence-corrected chi connectivity index (χ4v) is 2.36. The standard InChI is InChI=1S/C16H12F3N3O2/c1-8-6-10(15(23)20-7-12(18)19)13-14(22-24-16(13)21-8)9-4-2-3-5-11(9)17/h2-6,12H,7H2,1H3,(H,20,23). The van der Waals surface area contributed by atoms with E-state index >= 15 is 0 Å². The summed E-state index contributed by atoms with van der Waals surface area (Å²) in [6, 6.07) is 7.27. The van der Waals surface area contributed by atoms with Crippen molar-refractivity contribution in [3.63, 3.8) is 0 Å². The fourth-order valence-electron chi connectivity index (χ4n) is 2.36. The summed E-state index contributed by atoms with van der Waals surface area (Å²) in [6.07, 6.45) is -2.68. The van der Waals surface area contributed by atoms with Crippen LogP contribution in [0.3, 0.4) is 0 Å². The van der Waals surface area contributed by atoms with Crippen molar-refractivity contribution >= 4 is 17.0 Å². The Morgan fingerprint density at radius 3 is 2.79 bits per heavy atom. The van der Waals surface area contributed by atoms with Crippen LogP contribution >= 0.6 is 0 Å². The molecule has 5 nitrogen and oxygen atoms in total. The maximum atomic E-state index is 14.0. The predicted molar refractivity (Wildman–Crippen MR) is 80.3 cm³/mol. The van der Waals surface area contributed by atoms with Gasteiger partial charge in [-0.05, 0) is 25.1 Å². The van der Waals surface area contributed by atoms with Gasteiger partial charge in [-0.2, -0.15) is 0 Å². The molecule has 24 heavy (non-hydrogen) atoms. The number of nitrogens with one attached hydrogen (secondary N) is 1. The average molecular weight is 335 g/mol. The minimum absolute atomic E-state index is 0.0375. The van der Waals surface area contributed by atoms with Gasteiger partial charge in [-0.1, -0.05) is 17.3 Å². The second-order valence-electron chi connectivity index (χ2n) is 5.10. The lowest BCUT2D eigenvalue weighted by Crippen LogP contribution is -2.28.